The number of halogens is 4. The monoisotopic (exact) mass is 400 g/mol. The molecule has 1 N–H and O–H groups in total. The molecule has 0 saturated carbocycles. The topological polar surface area (TPSA) is 37.8 Å². The summed E-state index contributed by atoms with van der Waals surface area (Å²) in [6.45, 7) is 0. The summed E-state index contributed by atoms with van der Waals surface area (Å²) in [5.74, 6) is 0.961. The molecule has 142 valence electrons. The van der Waals surface area contributed by atoms with Crippen molar-refractivity contribution in [3.8, 4) is 11.4 Å². The van der Waals surface area contributed by atoms with Crippen molar-refractivity contribution in [1.82, 2.24) is 9.97 Å². The minimum atomic E-state index is -4.40. The van der Waals surface area contributed by atoms with Gasteiger partial charge in [0.1, 0.15) is 5.82 Å². The van der Waals surface area contributed by atoms with Crippen LogP contribution in [0.1, 0.15) is 5.56 Å². The normalized spacial score (nSPS) is 11.1. The maximum atomic E-state index is 13.0. The van der Waals surface area contributed by atoms with Crippen molar-refractivity contribution in [3.63, 3.8) is 0 Å². The first kappa shape index (κ1) is 19.6. The Morgan fingerprint density at radius 2 is 1.46 bits per heavy atom. The fourth-order valence-corrected chi connectivity index (χ4v) is 2.80. The summed E-state index contributed by atoms with van der Waals surface area (Å²) in [6, 6.07) is 21.9. The van der Waals surface area contributed by atoms with Crippen LogP contribution in [0.25, 0.3) is 22.3 Å². The molecule has 0 bridgehead atoms. The second kappa shape index (κ2) is 7.86. The summed E-state index contributed by atoms with van der Waals surface area (Å²) in [7, 11) is 0. The molecule has 0 unspecified atom stereocenters. The lowest BCUT2D eigenvalue weighted by molar-refractivity contribution is -0.137. The van der Waals surface area contributed by atoms with Crippen LogP contribution >= 0.6 is 0 Å². The van der Waals surface area contributed by atoms with Crippen LogP contribution in [0.4, 0.5) is 24.7 Å². The molecular formula is C21H14ClF3N3-. The number of rotatable bonds is 3. The molecule has 1 aromatic heterocycles. The van der Waals surface area contributed by atoms with E-state index in [9.17, 15) is 13.2 Å². The Balaban J connectivity index is 0.00000225. The standard InChI is InChI=1S/C21H14F3N3.ClH/c22-21(23,24)15-9-6-10-16(13-15)25-20-17-11-4-5-12-18(17)26-19(27-20)14-7-2-1-3-8-14;/h1-13H,(H,25,26,27);1H/p-1. The van der Waals surface area contributed by atoms with E-state index in [-0.39, 0.29) is 12.4 Å². The molecule has 3 nitrogen and oxygen atoms in total. The Morgan fingerprint density at radius 3 is 2.21 bits per heavy atom. The minimum Gasteiger partial charge on any atom is -1.00 e. The van der Waals surface area contributed by atoms with Crippen LogP contribution in [0.15, 0.2) is 78.9 Å². The maximum absolute atomic E-state index is 13.0. The van der Waals surface area contributed by atoms with E-state index < -0.39 is 11.7 Å². The summed E-state index contributed by atoms with van der Waals surface area (Å²) in [5, 5.41) is 3.75. The van der Waals surface area contributed by atoms with E-state index in [4.69, 9.17) is 0 Å². The van der Waals surface area contributed by atoms with Gasteiger partial charge in [-0.05, 0) is 30.3 Å². The third-order valence-corrected chi connectivity index (χ3v) is 4.09. The van der Waals surface area contributed by atoms with Crippen molar-refractivity contribution in [2.24, 2.45) is 0 Å². The van der Waals surface area contributed by atoms with Crippen LogP contribution in [0, 0.1) is 0 Å². The van der Waals surface area contributed by atoms with Crippen LogP contribution in [-0.2, 0) is 6.18 Å². The van der Waals surface area contributed by atoms with Crippen LogP contribution in [0.3, 0.4) is 0 Å². The molecule has 0 aliphatic rings. The van der Waals surface area contributed by atoms with E-state index in [0.29, 0.717) is 22.8 Å². The molecule has 0 aliphatic carbocycles. The van der Waals surface area contributed by atoms with Crippen molar-refractivity contribution in [2.75, 3.05) is 5.32 Å². The highest BCUT2D eigenvalue weighted by molar-refractivity contribution is 5.92. The first-order chi connectivity index (χ1) is 13.0. The lowest BCUT2D eigenvalue weighted by Crippen LogP contribution is -3.00. The fourth-order valence-electron chi connectivity index (χ4n) is 2.80. The number of fused-ring (bicyclic) bond motifs is 1. The van der Waals surface area contributed by atoms with Gasteiger partial charge in [-0.2, -0.15) is 13.2 Å². The highest BCUT2D eigenvalue weighted by atomic mass is 35.5. The molecular weight excluding hydrogens is 387 g/mol. The van der Waals surface area contributed by atoms with E-state index in [2.05, 4.69) is 15.3 Å². The predicted molar refractivity (Wildman–Crippen MR) is 99.7 cm³/mol. The van der Waals surface area contributed by atoms with Crippen LogP contribution in [0.2, 0.25) is 0 Å². The molecule has 0 amide bonds. The molecule has 28 heavy (non-hydrogen) atoms. The van der Waals surface area contributed by atoms with Crippen molar-refractivity contribution in [1.29, 1.82) is 0 Å². The van der Waals surface area contributed by atoms with Crippen LogP contribution in [-0.4, -0.2) is 9.97 Å². The highest BCUT2D eigenvalue weighted by Crippen LogP contribution is 2.32. The van der Waals surface area contributed by atoms with Crippen LogP contribution in [0.5, 0.6) is 0 Å². The summed E-state index contributed by atoms with van der Waals surface area (Å²) in [6.07, 6.45) is -4.40. The van der Waals surface area contributed by atoms with Gasteiger partial charge in [0.05, 0.1) is 11.1 Å². The first-order valence-corrected chi connectivity index (χ1v) is 8.27. The Labute approximate surface area is 165 Å². The Bertz CT molecular complexity index is 1100. The van der Waals surface area contributed by atoms with Gasteiger partial charge in [0.25, 0.3) is 0 Å². The largest absolute Gasteiger partial charge is 1.00 e. The average Bonchev–Trinajstić information content (AvgIpc) is 2.68. The van der Waals surface area contributed by atoms with Crippen LogP contribution < -0.4 is 17.7 Å². The summed E-state index contributed by atoms with van der Waals surface area (Å²) in [4.78, 5) is 9.13. The van der Waals surface area contributed by atoms with Gasteiger partial charge in [-0.25, -0.2) is 9.97 Å². The zero-order valence-corrected chi connectivity index (χ0v) is 15.2. The number of para-hydroxylation sites is 1. The minimum absolute atomic E-state index is 0. The van der Waals surface area contributed by atoms with E-state index in [1.807, 2.05) is 54.6 Å². The smallest absolute Gasteiger partial charge is 0.416 e. The fraction of sp³-hybridized carbons (Fsp3) is 0.0476. The molecule has 7 heteroatoms. The average molecular weight is 401 g/mol. The van der Waals surface area contributed by atoms with E-state index >= 15 is 0 Å². The quantitative estimate of drug-likeness (QED) is 0.574. The lowest BCUT2D eigenvalue weighted by Gasteiger charge is -2.13. The Hall–Kier alpha value is -3.12. The zero-order valence-electron chi connectivity index (χ0n) is 14.4. The molecule has 4 rings (SSSR count). The Kier molecular flexibility index (Phi) is 5.51. The molecule has 3 aromatic carbocycles. The third-order valence-electron chi connectivity index (χ3n) is 4.09. The SMILES string of the molecule is FC(F)(F)c1cccc(Nc2nc(-c3ccccc3)nc3ccccc23)c1.[Cl-]. The van der Waals surface area contributed by atoms with Gasteiger partial charge in [0, 0.05) is 16.6 Å². The van der Waals surface area contributed by atoms with Crippen molar-refractivity contribution >= 4 is 22.4 Å². The number of hydrogen-bond donors (Lipinski definition) is 1. The van der Waals surface area contributed by atoms with Gasteiger partial charge in [-0.3, -0.25) is 0 Å². The van der Waals surface area contributed by atoms with Gasteiger partial charge >= 0.3 is 6.18 Å². The second-order valence-electron chi connectivity index (χ2n) is 5.98. The number of anilines is 2. The van der Waals surface area contributed by atoms with Gasteiger partial charge in [-0.1, -0.05) is 48.5 Å². The molecule has 4 aromatic rings. The number of alkyl halides is 3. The van der Waals surface area contributed by atoms with Gasteiger partial charge in [0.15, 0.2) is 5.82 Å². The summed E-state index contributed by atoms with van der Waals surface area (Å²) >= 11 is 0. The lowest BCUT2D eigenvalue weighted by atomic mass is 10.1. The summed E-state index contributed by atoms with van der Waals surface area (Å²) in [5.41, 5.74) is 1.14. The van der Waals surface area contributed by atoms with Crippen molar-refractivity contribution in [3.05, 3.63) is 84.4 Å². The molecule has 0 aliphatic heterocycles. The molecule has 0 spiro atoms. The molecule has 0 fully saturated rings. The van der Waals surface area contributed by atoms with Crippen molar-refractivity contribution in [2.45, 2.75) is 6.18 Å². The maximum Gasteiger partial charge on any atom is 0.416 e. The number of benzene rings is 3. The van der Waals surface area contributed by atoms with Gasteiger partial charge < -0.3 is 17.7 Å². The van der Waals surface area contributed by atoms with Gasteiger partial charge in [-0.15, -0.1) is 0 Å². The number of nitrogens with zero attached hydrogens (tertiary/aromatic N) is 2. The molecule has 0 saturated heterocycles. The van der Waals surface area contributed by atoms with E-state index in [1.54, 1.807) is 6.07 Å². The molecule has 0 atom stereocenters. The van der Waals surface area contributed by atoms with E-state index in [1.165, 1.54) is 6.07 Å². The Morgan fingerprint density at radius 1 is 0.750 bits per heavy atom. The van der Waals surface area contributed by atoms with Crippen molar-refractivity contribution < 1.29 is 25.6 Å². The first-order valence-electron chi connectivity index (χ1n) is 8.27. The van der Waals surface area contributed by atoms with Gasteiger partial charge in [0.2, 0.25) is 0 Å². The molecule has 0 radical (unpaired) electrons. The number of nitrogens with one attached hydrogen (secondary N) is 1. The zero-order chi connectivity index (χ0) is 18.9. The number of aromatic nitrogens is 2. The predicted octanol–water partition coefficient (Wildman–Crippen LogP) is 3.06. The third kappa shape index (κ3) is 4.07. The van der Waals surface area contributed by atoms with E-state index in [0.717, 1.165) is 23.1 Å². The second-order valence-corrected chi connectivity index (χ2v) is 5.98. The number of hydrogen-bond acceptors (Lipinski definition) is 3. The summed E-state index contributed by atoms with van der Waals surface area (Å²) < 4.78 is 39.0. The molecule has 1 heterocycles. The highest BCUT2D eigenvalue weighted by Gasteiger charge is 2.30.